The summed E-state index contributed by atoms with van der Waals surface area (Å²) in [6, 6.07) is 22.5. The summed E-state index contributed by atoms with van der Waals surface area (Å²) in [6.45, 7) is 4.12. The number of carbonyl (C=O) groups excluding carboxylic acids is 2. The van der Waals surface area contributed by atoms with Gasteiger partial charge in [-0.05, 0) is 55.2 Å². The van der Waals surface area contributed by atoms with Gasteiger partial charge in [-0.3, -0.25) is 13.9 Å². The summed E-state index contributed by atoms with van der Waals surface area (Å²) in [5.74, 6) is -0.523. The molecule has 0 unspecified atom stereocenters. The second-order valence-corrected chi connectivity index (χ2v) is 12.8. The van der Waals surface area contributed by atoms with E-state index in [2.05, 4.69) is 5.32 Å². The molecule has 0 aliphatic rings. The summed E-state index contributed by atoms with van der Waals surface area (Å²) in [5, 5.41) is 3.95. The van der Waals surface area contributed by atoms with Crippen LogP contribution in [0.2, 0.25) is 10.0 Å². The van der Waals surface area contributed by atoms with Crippen LogP contribution < -0.4 is 9.62 Å². The van der Waals surface area contributed by atoms with Crippen LogP contribution in [0.5, 0.6) is 0 Å². The molecule has 0 spiro atoms. The van der Waals surface area contributed by atoms with Crippen molar-refractivity contribution in [3.05, 3.63) is 100 Å². The fraction of sp³-hybridized carbons (Fsp3) is 0.355. The van der Waals surface area contributed by atoms with Crippen LogP contribution >= 0.6 is 23.2 Å². The smallest absolute Gasteiger partial charge is 0.243 e. The Kier molecular flexibility index (Phi) is 12.1. The van der Waals surface area contributed by atoms with Gasteiger partial charge in [-0.1, -0.05) is 84.7 Å². The maximum absolute atomic E-state index is 13.9. The normalized spacial score (nSPS) is 12.8. The molecule has 1 N–H and O–H groups in total. The van der Waals surface area contributed by atoms with Gasteiger partial charge < -0.3 is 10.2 Å². The number of sulfonamides is 1. The van der Waals surface area contributed by atoms with Crippen LogP contribution in [0.25, 0.3) is 0 Å². The Morgan fingerprint density at radius 2 is 1.63 bits per heavy atom. The molecule has 7 nitrogen and oxygen atoms in total. The van der Waals surface area contributed by atoms with Crippen molar-refractivity contribution >= 4 is 50.7 Å². The van der Waals surface area contributed by atoms with E-state index in [1.165, 1.54) is 4.31 Å². The topological polar surface area (TPSA) is 86.8 Å². The fourth-order valence-electron chi connectivity index (χ4n) is 4.44. The van der Waals surface area contributed by atoms with Crippen molar-refractivity contribution in [2.45, 2.75) is 58.2 Å². The Bertz CT molecular complexity index is 1420. The molecule has 0 aliphatic carbocycles. The Balaban J connectivity index is 1.90. The summed E-state index contributed by atoms with van der Waals surface area (Å²) < 4.78 is 26.4. The highest BCUT2D eigenvalue weighted by atomic mass is 35.5. The number of anilines is 1. The van der Waals surface area contributed by atoms with Gasteiger partial charge >= 0.3 is 0 Å². The monoisotopic (exact) mass is 617 g/mol. The lowest BCUT2D eigenvalue weighted by Gasteiger charge is -2.33. The Hall–Kier alpha value is -3.07. The number of carbonyl (C=O) groups is 2. The fourth-order valence-corrected chi connectivity index (χ4v) is 5.78. The van der Waals surface area contributed by atoms with Gasteiger partial charge in [0.05, 0.1) is 11.9 Å². The minimum atomic E-state index is -3.63. The summed E-state index contributed by atoms with van der Waals surface area (Å²) in [6.07, 6.45) is 2.44. The van der Waals surface area contributed by atoms with Crippen LogP contribution in [0.1, 0.15) is 44.2 Å². The quantitative estimate of drug-likeness (QED) is 0.237. The Morgan fingerprint density at radius 3 is 2.27 bits per heavy atom. The molecule has 3 aromatic carbocycles. The average molecular weight is 619 g/mol. The van der Waals surface area contributed by atoms with Crippen LogP contribution in [-0.2, 0) is 32.6 Å². The Morgan fingerprint density at radius 1 is 0.951 bits per heavy atom. The van der Waals surface area contributed by atoms with Crippen molar-refractivity contribution in [2.75, 3.05) is 17.1 Å². The van der Waals surface area contributed by atoms with Crippen molar-refractivity contribution in [2.24, 2.45) is 0 Å². The molecule has 3 rings (SSSR count). The molecule has 0 aromatic heterocycles. The van der Waals surface area contributed by atoms with E-state index >= 15 is 0 Å². The van der Waals surface area contributed by atoms with Crippen LogP contribution in [0.15, 0.2) is 78.9 Å². The largest absolute Gasteiger partial charge is 0.352 e. The third-order valence-electron chi connectivity index (χ3n) is 6.82. The second-order valence-electron chi connectivity index (χ2n) is 10.1. The van der Waals surface area contributed by atoms with E-state index in [1.54, 1.807) is 35.2 Å². The molecule has 220 valence electrons. The number of halogens is 2. The second kappa shape index (κ2) is 15.2. The third kappa shape index (κ3) is 9.76. The zero-order valence-corrected chi connectivity index (χ0v) is 25.9. The molecule has 0 radical (unpaired) electrons. The first-order valence-electron chi connectivity index (χ1n) is 13.6. The first kappa shape index (κ1) is 32.4. The first-order chi connectivity index (χ1) is 19.5. The van der Waals surface area contributed by atoms with Crippen molar-refractivity contribution in [1.29, 1.82) is 0 Å². The van der Waals surface area contributed by atoms with Crippen LogP contribution in [0.3, 0.4) is 0 Å². The van der Waals surface area contributed by atoms with Gasteiger partial charge in [-0.25, -0.2) is 8.42 Å². The van der Waals surface area contributed by atoms with Gasteiger partial charge in [0.1, 0.15) is 6.04 Å². The predicted molar refractivity (Wildman–Crippen MR) is 167 cm³/mol. The molecule has 0 saturated heterocycles. The van der Waals surface area contributed by atoms with Crippen molar-refractivity contribution < 1.29 is 18.0 Å². The van der Waals surface area contributed by atoms with E-state index in [1.807, 2.05) is 62.4 Å². The number of amides is 2. The van der Waals surface area contributed by atoms with Gasteiger partial charge in [0, 0.05) is 42.0 Å². The summed E-state index contributed by atoms with van der Waals surface area (Å²) in [7, 11) is -3.63. The van der Waals surface area contributed by atoms with Crippen LogP contribution in [0, 0.1) is 0 Å². The number of nitrogens with one attached hydrogen (secondary N) is 1. The zero-order chi connectivity index (χ0) is 30.0. The number of nitrogens with zero attached hydrogens (tertiary/aromatic N) is 2. The molecule has 10 heteroatoms. The molecule has 0 aliphatic heterocycles. The van der Waals surface area contributed by atoms with Crippen molar-refractivity contribution in [3.8, 4) is 0 Å². The van der Waals surface area contributed by atoms with E-state index in [0.29, 0.717) is 27.7 Å². The molecule has 0 bridgehead atoms. The first-order valence-corrected chi connectivity index (χ1v) is 16.2. The van der Waals surface area contributed by atoms with Gasteiger partial charge in [0.15, 0.2) is 0 Å². The average Bonchev–Trinajstić information content (AvgIpc) is 2.93. The maximum Gasteiger partial charge on any atom is 0.243 e. The van der Waals surface area contributed by atoms with Gasteiger partial charge in [-0.15, -0.1) is 0 Å². The standard InChI is InChI=1S/C31H37Cl2N3O4S/c1-4-23(2)34-31(38)29(20-24-12-6-5-7-13-24)35(22-25-14-8-9-17-28(25)33)30(37)18-11-19-36(41(3,39)40)27-16-10-15-26(32)21-27/h5-10,12-17,21,23,29H,4,11,18-20,22H2,1-3H3,(H,34,38)/t23-,29+/m1/s1. The van der Waals surface area contributed by atoms with Gasteiger partial charge in [0.25, 0.3) is 0 Å². The van der Waals surface area contributed by atoms with E-state index in [9.17, 15) is 18.0 Å². The predicted octanol–water partition coefficient (Wildman–Crippen LogP) is 6.09. The van der Waals surface area contributed by atoms with Gasteiger partial charge in [-0.2, -0.15) is 0 Å². The minimum Gasteiger partial charge on any atom is -0.352 e. The maximum atomic E-state index is 13.9. The highest BCUT2D eigenvalue weighted by Gasteiger charge is 2.31. The molecular weight excluding hydrogens is 581 g/mol. The van der Waals surface area contributed by atoms with Crippen molar-refractivity contribution in [1.82, 2.24) is 10.2 Å². The van der Waals surface area contributed by atoms with Crippen LogP contribution in [-0.4, -0.2) is 50.0 Å². The van der Waals surface area contributed by atoms with Gasteiger partial charge in [0.2, 0.25) is 21.8 Å². The number of rotatable bonds is 14. The van der Waals surface area contributed by atoms with E-state index in [0.717, 1.165) is 18.2 Å². The highest BCUT2D eigenvalue weighted by molar-refractivity contribution is 7.92. The lowest BCUT2D eigenvalue weighted by atomic mass is 10.0. The molecule has 3 aromatic rings. The third-order valence-corrected chi connectivity index (χ3v) is 8.62. The molecular formula is C31H37Cl2N3O4S. The van der Waals surface area contributed by atoms with E-state index < -0.39 is 16.1 Å². The van der Waals surface area contributed by atoms with Crippen molar-refractivity contribution in [3.63, 3.8) is 0 Å². The molecule has 0 fully saturated rings. The molecule has 0 saturated carbocycles. The SMILES string of the molecule is CC[C@@H](C)NC(=O)[C@H](Cc1ccccc1)N(Cc1ccccc1Cl)C(=O)CCCN(c1cccc(Cl)c1)S(C)(=O)=O. The lowest BCUT2D eigenvalue weighted by Crippen LogP contribution is -2.52. The number of hydrogen-bond acceptors (Lipinski definition) is 4. The van der Waals surface area contributed by atoms with E-state index in [-0.39, 0.29) is 43.8 Å². The molecule has 2 amide bonds. The summed E-state index contributed by atoms with van der Waals surface area (Å²) in [4.78, 5) is 29.1. The highest BCUT2D eigenvalue weighted by Crippen LogP contribution is 2.24. The zero-order valence-electron chi connectivity index (χ0n) is 23.6. The summed E-state index contributed by atoms with van der Waals surface area (Å²) >= 11 is 12.6. The lowest BCUT2D eigenvalue weighted by molar-refractivity contribution is -0.141. The molecule has 0 heterocycles. The number of benzene rings is 3. The molecule has 2 atom stereocenters. The summed E-state index contributed by atoms with van der Waals surface area (Å²) in [5.41, 5.74) is 2.06. The Labute approximate surface area is 253 Å². The number of hydrogen-bond donors (Lipinski definition) is 1. The molecule has 41 heavy (non-hydrogen) atoms. The minimum absolute atomic E-state index is 0.0267. The van der Waals surface area contributed by atoms with E-state index in [4.69, 9.17) is 23.2 Å². The van der Waals surface area contributed by atoms with Crippen LogP contribution in [0.4, 0.5) is 5.69 Å².